The van der Waals surface area contributed by atoms with Crippen LogP contribution in [0.5, 0.6) is 0 Å². The second-order valence-corrected chi connectivity index (χ2v) is 5.34. The van der Waals surface area contributed by atoms with Gasteiger partial charge in [-0.05, 0) is 45.7 Å². The first-order valence-corrected chi connectivity index (χ1v) is 6.38. The highest BCUT2D eigenvalue weighted by Crippen LogP contribution is 2.32. The number of aliphatic carboxylic acids is 1. The first kappa shape index (κ1) is 15.4. The zero-order chi connectivity index (χ0) is 13.8. The van der Waals surface area contributed by atoms with Gasteiger partial charge in [-0.25, -0.2) is 0 Å². The minimum atomic E-state index is -1.30. The van der Waals surface area contributed by atoms with Crippen molar-refractivity contribution in [1.82, 2.24) is 10.2 Å². The van der Waals surface area contributed by atoms with Crippen LogP contribution in [0.4, 0.5) is 0 Å². The third-order valence-corrected chi connectivity index (χ3v) is 3.59. The first-order chi connectivity index (χ1) is 8.38. The summed E-state index contributed by atoms with van der Waals surface area (Å²) in [5.41, 5.74) is -0.899. The van der Waals surface area contributed by atoms with Gasteiger partial charge in [-0.15, -0.1) is 0 Å². The monoisotopic (exact) mass is 258 g/mol. The fraction of sp³-hybridized carbons (Fsp3) is 0.909. The predicted octanol–water partition coefficient (Wildman–Crippen LogP) is -0.766. The topological polar surface area (TPSA) is 93.0 Å². The molecule has 104 valence electrons. The van der Waals surface area contributed by atoms with Gasteiger partial charge in [0.25, 0.3) is 0 Å². The second kappa shape index (κ2) is 6.52. The molecule has 1 saturated heterocycles. The lowest BCUT2D eigenvalue weighted by molar-refractivity contribution is -0.147. The molecule has 2 atom stereocenters. The Kier molecular flexibility index (Phi) is 5.59. The van der Waals surface area contributed by atoms with Crippen LogP contribution in [0.15, 0.2) is 0 Å². The van der Waals surface area contributed by atoms with E-state index in [0.29, 0.717) is 32.3 Å². The van der Waals surface area contributed by atoms with E-state index in [1.165, 1.54) is 0 Å². The van der Waals surface area contributed by atoms with E-state index in [-0.39, 0.29) is 5.92 Å². The van der Waals surface area contributed by atoms with Gasteiger partial charge in [-0.3, -0.25) is 4.79 Å². The van der Waals surface area contributed by atoms with E-state index >= 15 is 0 Å². The maximum absolute atomic E-state index is 11.6. The molecule has 0 aromatic rings. The highest BCUT2D eigenvalue weighted by atomic mass is 16.4. The molecule has 1 heterocycles. The highest BCUT2D eigenvalue weighted by Gasteiger charge is 2.48. The molecule has 6 nitrogen and oxygen atoms in total. The standard InChI is InChI=1S/C11H23BN2O4/c1-14(2)8-11(10(15)16)9(5-7-13-11)4-3-6-12(17)18/h9,13,17-18H,3-8H2,1-2H3,(H,15,16). The highest BCUT2D eigenvalue weighted by molar-refractivity contribution is 6.40. The average molecular weight is 258 g/mol. The zero-order valence-electron chi connectivity index (χ0n) is 11.1. The number of carboxylic acids is 1. The summed E-state index contributed by atoms with van der Waals surface area (Å²) in [6, 6.07) is 0. The summed E-state index contributed by atoms with van der Waals surface area (Å²) in [5.74, 6) is -0.778. The molecule has 0 saturated carbocycles. The number of carboxylic acid groups (broad SMARTS) is 1. The van der Waals surface area contributed by atoms with Crippen molar-refractivity contribution in [1.29, 1.82) is 0 Å². The number of hydrogen-bond donors (Lipinski definition) is 4. The molecule has 0 radical (unpaired) electrons. The molecule has 1 rings (SSSR count). The number of rotatable bonds is 7. The molecule has 0 bridgehead atoms. The van der Waals surface area contributed by atoms with Crippen molar-refractivity contribution in [2.75, 3.05) is 27.2 Å². The lowest BCUT2D eigenvalue weighted by Gasteiger charge is -2.34. The summed E-state index contributed by atoms with van der Waals surface area (Å²) < 4.78 is 0. The summed E-state index contributed by atoms with van der Waals surface area (Å²) in [6.45, 7) is 1.15. The quantitative estimate of drug-likeness (QED) is 0.448. The van der Waals surface area contributed by atoms with E-state index in [0.717, 1.165) is 6.42 Å². The van der Waals surface area contributed by atoms with E-state index < -0.39 is 18.6 Å². The molecule has 18 heavy (non-hydrogen) atoms. The minimum Gasteiger partial charge on any atom is -0.480 e. The van der Waals surface area contributed by atoms with Crippen LogP contribution in [-0.4, -0.2) is 65.9 Å². The van der Waals surface area contributed by atoms with Crippen LogP contribution in [0.3, 0.4) is 0 Å². The lowest BCUT2D eigenvalue weighted by atomic mass is 9.77. The molecular formula is C11H23BN2O4. The van der Waals surface area contributed by atoms with E-state index in [2.05, 4.69) is 5.32 Å². The van der Waals surface area contributed by atoms with Crippen molar-refractivity contribution in [2.24, 2.45) is 5.92 Å². The zero-order valence-corrected chi connectivity index (χ0v) is 11.1. The van der Waals surface area contributed by atoms with Crippen LogP contribution >= 0.6 is 0 Å². The fourth-order valence-corrected chi connectivity index (χ4v) is 2.80. The normalized spacial score (nSPS) is 27.7. The van der Waals surface area contributed by atoms with E-state index in [4.69, 9.17) is 10.0 Å². The number of carbonyl (C=O) groups is 1. The van der Waals surface area contributed by atoms with Crippen molar-refractivity contribution in [3.63, 3.8) is 0 Å². The fourth-order valence-electron chi connectivity index (χ4n) is 2.80. The number of likely N-dealkylation sites (N-methyl/N-ethyl adjacent to an activating group) is 1. The van der Waals surface area contributed by atoms with Crippen LogP contribution in [-0.2, 0) is 4.79 Å². The number of nitrogens with zero attached hydrogens (tertiary/aromatic N) is 1. The van der Waals surface area contributed by atoms with Crippen LogP contribution in [0, 0.1) is 5.92 Å². The third-order valence-electron chi connectivity index (χ3n) is 3.59. The lowest BCUT2D eigenvalue weighted by Crippen LogP contribution is -2.58. The summed E-state index contributed by atoms with van der Waals surface area (Å²) >= 11 is 0. The molecule has 1 aliphatic rings. The Hall–Kier alpha value is -0.625. The number of nitrogens with one attached hydrogen (secondary N) is 1. The Morgan fingerprint density at radius 3 is 2.67 bits per heavy atom. The van der Waals surface area contributed by atoms with E-state index in [9.17, 15) is 9.90 Å². The summed E-state index contributed by atoms with van der Waals surface area (Å²) in [7, 11) is 2.42. The molecule has 0 aromatic carbocycles. The van der Waals surface area contributed by atoms with Gasteiger partial charge in [0, 0.05) is 6.54 Å². The van der Waals surface area contributed by atoms with Crippen LogP contribution in [0.1, 0.15) is 19.3 Å². The molecule has 0 spiro atoms. The molecule has 1 aliphatic heterocycles. The Bertz CT molecular complexity index is 288. The van der Waals surface area contributed by atoms with Crippen LogP contribution in [0.2, 0.25) is 6.32 Å². The molecule has 1 fully saturated rings. The Labute approximate surface area is 108 Å². The minimum absolute atomic E-state index is 0.0381. The molecule has 0 amide bonds. The molecule has 7 heteroatoms. The summed E-state index contributed by atoms with van der Waals surface area (Å²) in [5, 5.41) is 30.3. The van der Waals surface area contributed by atoms with Crippen molar-refractivity contribution >= 4 is 13.1 Å². The smallest absolute Gasteiger partial charge is 0.451 e. The Balaban J connectivity index is 2.66. The van der Waals surface area contributed by atoms with Crippen LogP contribution < -0.4 is 5.32 Å². The maximum Gasteiger partial charge on any atom is 0.451 e. The van der Waals surface area contributed by atoms with Crippen molar-refractivity contribution < 1.29 is 19.9 Å². The van der Waals surface area contributed by atoms with E-state index in [1.807, 2.05) is 19.0 Å². The second-order valence-electron chi connectivity index (χ2n) is 5.34. The van der Waals surface area contributed by atoms with Gasteiger partial charge < -0.3 is 25.4 Å². The first-order valence-electron chi connectivity index (χ1n) is 6.38. The third kappa shape index (κ3) is 3.68. The largest absolute Gasteiger partial charge is 0.480 e. The van der Waals surface area contributed by atoms with Crippen molar-refractivity contribution in [3.8, 4) is 0 Å². The van der Waals surface area contributed by atoms with Crippen LogP contribution in [0.25, 0.3) is 0 Å². The molecule has 0 aliphatic carbocycles. The Morgan fingerprint density at radius 2 is 2.17 bits per heavy atom. The van der Waals surface area contributed by atoms with Gasteiger partial charge in [-0.1, -0.05) is 6.42 Å². The maximum atomic E-state index is 11.6. The molecule has 2 unspecified atom stereocenters. The van der Waals surface area contributed by atoms with Gasteiger partial charge in [0.05, 0.1) is 0 Å². The van der Waals surface area contributed by atoms with Gasteiger partial charge >= 0.3 is 13.1 Å². The Morgan fingerprint density at radius 1 is 1.50 bits per heavy atom. The summed E-state index contributed by atoms with van der Waals surface area (Å²) in [6.07, 6.45) is 2.45. The molecule has 4 N–H and O–H groups in total. The average Bonchev–Trinajstić information content (AvgIpc) is 2.61. The van der Waals surface area contributed by atoms with Gasteiger partial charge in [0.2, 0.25) is 0 Å². The van der Waals surface area contributed by atoms with Gasteiger partial charge in [0.1, 0.15) is 5.54 Å². The molecular weight excluding hydrogens is 235 g/mol. The molecule has 0 aromatic heterocycles. The predicted molar refractivity (Wildman–Crippen MR) is 69.3 cm³/mol. The van der Waals surface area contributed by atoms with Gasteiger partial charge in [0.15, 0.2) is 0 Å². The SMILES string of the molecule is CN(C)CC1(C(=O)O)NCCC1CCCB(O)O. The summed E-state index contributed by atoms with van der Waals surface area (Å²) in [4.78, 5) is 13.5. The van der Waals surface area contributed by atoms with Crippen molar-refractivity contribution in [3.05, 3.63) is 0 Å². The van der Waals surface area contributed by atoms with E-state index in [1.54, 1.807) is 0 Å². The van der Waals surface area contributed by atoms with Crippen molar-refractivity contribution in [2.45, 2.75) is 31.1 Å². The number of hydrogen-bond acceptors (Lipinski definition) is 5. The van der Waals surface area contributed by atoms with Gasteiger partial charge in [-0.2, -0.15) is 0 Å².